The van der Waals surface area contributed by atoms with Gasteiger partial charge in [-0.3, -0.25) is 10.1 Å². The molecule has 0 fully saturated rings. The van der Waals surface area contributed by atoms with Gasteiger partial charge < -0.3 is 9.26 Å². The molecule has 1 heterocycles. The summed E-state index contributed by atoms with van der Waals surface area (Å²) in [5, 5.41) is 15.0. The molecule has 0 N–H and O–H groups in total. The van der Waals surface area contributed by atoms with Gasteiger partial charge in [-0.05, 0) is 12.1 Å². The summed E-state index contributed by atoms with van der Waals surface area (Å²) in [5.74, 6) is 1.42. The number of rotatable bonds is 5. The Balaban J connectivity index is 1.87. The van der Waals surface area contributed by atoms with Gasteiger partial charge in [0.2, 0.25) is 11.7 Å². The first kappa shape index (κ1) is 14.7. The number of nitrogens with zero attached hydrogens (tertiary/aromatic N) is 3. The number of hydrogen-bond acceptors (Lipinski definition) is 6. The van der Waals surface area contributed by atoms with Crippen LogP contribution in [0.15, 0.2) is 53.1 Å². The van der Waals surface area contributed by atoms with Crippen molar-refractivity contribution in [1.29, 1.82) is 0 Å². The smallest absolute Gasteiger partial charge is 0.273 e. The number of methoxy groups -OCH3 is 1. The van der Waals surface area contributed by atoms with E-state index >= 15 is 0 Å². The summed E-state index contributed by atoms with van der Waals surface area (Å²) in [4.78, 5) is 14.9. The van der Waals surface area contributed by atoms with Crippen LogP contribution in [-0.4, -0.2) is 22.2 Å². The van der Waals surface area contributed by atoms with E-state index in [1.807, 2.05) is 18.2 Å². The van der Waals surface area contributed by atoms with Crippen LogP contribution in [0.25, 0.3) is 11.4 Å². The van der Waals surface area contributed by atoms with Crippen LogP contribution < -0.4 is 4.74 Å². The first-order valence-electron chi connectivity index (χ1n) is 6.86. The number of aromatic nitrogens is 2. The van der Waals surface area contributed by atoms with E-state index in [1.165, 1.54) is 6.07 Å². The quantitative estimate of drug-likeness (QED) is 0.530. The molecule has 0 saturated carbocycles. The molecule has 0 spiro atoms. The summed E-state index contributed by atoms with van der Waals surface area (Å²) in [5.41, 5.74) is 1.31. The van der Waals surface area contributed by atoms with Crippen molar-refractivity contribution in [2.75, 3.05) is 7.11 Å². The van der Waals surface area contributed by atoms with E-state index in [4.69, 9.17) is 9.26 Å². The molecule has 3 aromatic rings. The van der Waals surface area contributed by atoms with E-state index in [0.717, 1.165) is 5.56 Å². The van der Waals surface area contributed by atoms with Crippen LogP contribution in [0.5, 0.6) is 5.75 Å². The molecule has 0 unspecified atom stereocenters. The lowest BCUT2D eigenvalue weighted by Crippen LogP contribution is -1.96. The molecule has 0 bridgehead atoms. The van der Waals surface area contributed by atoms with Crippen molar-refractivity contribution in [2.45, 2.75) is 6.42 Å². The van der Waals surface area contributed by atoms with Crippen molar-refractivity contribution in [3.8, 4) is 17.1 Å². The zero-order valence-electron chi connectivity index (χ0n) is 12.3. The second-order valence-electron chi connectivity index (χ2n) is 4.81. The summed E-state index contributed by atoms with van der Waals surface area (Å²) >= 11 is 0. The minimum absolute atomic E-state index is 0.0358. The fourth-order valence-corrected chi connectivity index (χ4v) is 2.21. The van der Waals surface area contributed by atoms with Crippen molar-refractivity contribution < 1.29 is 14.2 Å². The van der Waals surface area contributed by atoms with Crippen molar-refractivity contribution >= 4 is 5.69 Å². The topological polar surface area (TPSA) is 91.3 Å². The second kappa shape index (κ2) is 6.27. The monoisotopic (exact) mass is 311 g/mol. The minimum atomic E-state index is -0.422. The summed E-state index contributed by atoms with van der Waals surface area (Å²) in [6.45, 7) is 0. The van der Waals surface area contributed by atoms with E-state index in [-0.39, 0.29) is 12.1 Å². The number of para-hydroxylation sites is 1. The third kappa shape index (κ3) is 3.18. The Kier molecular flexibility index (Phi) is 4.01. The highest BCUT2D eigenvalue weighted by atomic mass is 16.6. The highest BCUT2D eigenvalue weighted by Gasteiger charge is 2.16. The minimum Gasteiger partial charge on any atom is -0.497 e. The van der Waals surface area contributed by atoms with E-state index in [2.05, 4.69) is 10.1 Å². The third-order valence-electron chi connectivity index (χ3n) is 3.33. The van der Waals surface area contributed by atoms with Crippen molar-refractivity contribution in [3.05, 3.63) is 70.1 Å². The van der Waals surface area contributed by atoms with Gasteiger partial charge in [0.05, 0.1) is 18.5 Å². The highest BCUT2D eigenvalue weighted by molar-refractivity contribution is 5.57. The van der Waals surface area contributed by atoms with Crippen molar-refractivity contribution in [3.63, 3.8) is 0 Å². The predicted octanol–water partition coefficient (Wildman–Crippen LogP) is 3.24. The second-order valence-corrected chi connectivity index (χ2v) is 4.81. The maximum absolute atomic E-state index is 11.0. The fourth-order valence-electron chi connectivity index (χ4n) is 2.21. The van der Waals surface area contributed by atoms with E-state index in [9.17, 15) is 10.1 Å². The Morgan fingerprint density at radius 1 is 1.22 bits per heavy atom. The molecule has 0 atom stereocenters. The Hall–Kier alpha value is -3.22. The zero-order chi connectivity index (χ0) is 16.2. The van der Waals surface area contributed by atoms with Crippen molar-refractivity contribution in [2.24, 2.45) is 0 Å². The van der Waals surface area contributed by atoms with Gasteiger partial charge in [0, 0.05) is 17.2 Å². The largest absolute Gasteiger partial charge is 0.497 e. The maximum Gasteiger partial charge on any atom is 0.273 e. The normalized spacial score (nSPS) is 10.5. The third-order valence-corrected chi connectivity index (χ3v) is 3.33. The molecule has 0 aliphatic heterocycles. The van der Waals surface area contributed by atoms with Gasteiger partial charge in [-0.1, -0.05) is 35.5 Å². The molecule has 7 nitrogen and oxygen atoms in total. The molecule has 116 valence electrons. The number of benzene rings is 2. The Morgan fingerprint density at radius 2 is 2.04 bits per heavy atom. The standard InChI is InChI=1S/C16H13N3O4/c1-22-13-7-4-6-12(9-13)16-17-15(23-18-16)10-11-5-2-3-8-14(11)19(20)21/h2-9H,10H2,1H3. The van der Waals surface area contributed by atoms with E-state index in [0.29, 0.717) is 23.0 Å². The van der Waals surface area contributed by atoms with Gasteiger partial charge >= 0.3 is 0 Å². The van der Waals surface area contributed by atoms with Gasteiger partial charge in [-0.25, -0.2) is 0 Å². The summed E-state index contributed by atoms with van der Waals surface area (Å²) in [6.07, 6.45) is 0.203. The van der Waals surface area contributed by atoms with E-state index < -0.39 is 4.92 Å². The average molecular weight is 311 g/mol. The molecule has 0 aliphatic rings. The molecule has 3 rings (SSSR count). The molecule has 0 saturated heterocycles. The van der Waals surface area contributed by atoms with Crippen LogP contribution in [0.3, 0.4) is 0 Å². The van der Waals surface area contributed by atoms with Gasteiger partial charge in [0.1, 0.15) is 5.75 Å². The lowest BCUT2D eigenvalue weighted by molar-refractivity contribution is -0.385. The Labute approximate surface area is 131 Å². The number of ether oxygens (including phenoxy) is 1. The molecule has 23 heavy (non-hydrogen) atoms. The number of hydrogen-bond donors (Lipinski definition) is 0. The van der Waals surface area contributed by atoms with Gasteiger partial charge in [0.25, 0.3) is 5.69 Å². The first-order valence-corrected chi connectivity index (χ1v) is 6.86. The molecule has 1 aromatic heterocycles. The SMILES string of the molecule is COc1cccc(-c2noc(Cc3ccccc3[N+](=O)[O-])n2)c1. The van der Waals surface area contributed by atoms with Crippen LogP contribution in [0.4, 0.5) is 5.69 Å². The predicted molar refractivity (Wildman–Crippen MR) is 82.2 cm³/mol. The zero-order valence-corrected chi connectivity index (χ0v) is 12.3. The van der Waals surface area contributed by atoms with Gasteiger partial charge in [0.15, 0.2) is 0 Å². The highest BCUT2D eigenvalue weighted by Crippen LogP contribution is 2.24. The lowest BCUT2D eigenvalue weighted by atomic mass is 10.1. The lowest BCUT2D eigenvalue weighted by Gasteiger charge is -2.00. The summed E-state index contributed by atoms with van der Waals surface area (Å²) < 4.78 is 10.4. The molecule has 0 radical (unpaired) electrons. The number of nitro groups is 1. The first-order chi connectivity index (χ1) is 11.2. The Morgan fingerprint density at radius 3 is 2.83 bits per heavy atom. The average Bonchev–Trinajstić information content (AvgIpc) is 3.04. The van der Waals surface area contributed by atoms with Crippen LogP contribution in [0.2, 0.25) is 0 Å². The maximum atomic E-state index is 11.0. The molecule has 2 aromatic carbocycles. The van der Waals surface area contributed by atoms with Crippen LogP contribution in [0.1, 0.15) is 11.5 Å². The molecule has 0 aliphatic carbocycles. The summed E-state index contributed by atoms with van der Waals surface area (Å²) in [7, 11) is 1.58. The van der Waals surface area contributed by atoms with Gasteiger partial charge in [-0.2, -0.15) is 4.98 Å². The molecule has 0 amide bonds. The summed E-state index contributed by atoms with van der Waals surface area (Å²) in [6, 6.07) is 13.8. The Bertz CT molecular complexity index is 845. The number of nitro benzene ring substituents is 1. The van der Waals surface area contributed by atoms with Crippen LogP contribution in [-0.2, 0) is 6.42 Å². The van der Waals surface area contributed by atoms with E-state index in [1.54, 1.807) is 31.4 Å². The van der Waals surface area contributed by atoms with Crippen molar-refractivity contribution in [1.82, 2.24) is 10.1 Å². The van der Waals surface area contributed by atoms with Crippen LogP contribution >= 0.6 is 0 Å². The fraction of sp³-hybridized carbons (Fsp3) is 0.125. The van der Waals surface area contributed by atoms with Crippen LogP contribution in [0, 0.1) is 10.1 Å². The van der Waals surface area contributed by atoms with Gasteiger partial charge in [-0.15, -0.1) is 0 Å². The molecular formula is C16H13N3O4. The molecular weight excluding hydrogens is 298 g/mol. The molecule has 7 heteroatoms.